The number of nitrogens with zero attached hydrogens (tertiary/aromatic N) is 3. The fourth-order valence-corrected chi connectivity index (χ4v) is 5.00. The molecule has 2 aromatic rings. The van der Waals surface area contributed by atoms with Gasteiger partial charge in [0.05, 0.1) is 34.8 Å². The zero-order valence-corrected chi connectivity index (χ0v) is 17.4. The maximum absolute atomic E-state index is 12.7. The van der Waals surface area contributed by atoms with E-state index in [9.17, 15) is 23.3 Å². The first-order valence-electron chi connectivity index (χ1n) is 9.29. The fourth-order valence-electron chi connectivity index (χ4n) is 3.31. The lowest BCUT2D eigenvalue weighted by Gasteiger charge is -2.14. The molecule has 1 fully saturated rings. The number of amides is 1. The third kappa shape index (κ3) is 4.94. The number of rotatable bonds is 8. The van der Waals surface area contributed by atoms with Gasteiger partial charge in [-0.1, -0.05) is 0 Å². The fraction of sp³-hybridized carbons (Fsp3) is 0.444. The van der Waals surface area contributed by atoms with E-state index >= 15 is 0 Å². The molecule has 0 saturated carbocycles. The number of nitro benzene ring substituents is 1. The Labute approximate surface area is 173 Å². The maximum Gasteiger partial charge on any atom is 0.293 e. The molecule has 0 spiro atoms. The Morgan fingerprint density at radius 1 is 1.40 bits per heavy atom. The van der Waals surface area contributed by atoms with Crippen molar-refractivity contribution in [2.75, 3.05) is 42.4 Å². The van der Waals surface area contributed by atoms with Crippen LogP contribution in [0.4, 0.5) is 17.2 Å². The van der Waals surface area contributed by atoms with Crippen LogP contribution in [0, 0.1) is 17.0 Å². The monoisotopic (exact) mass is 437 g/mol. The summed E-state index contributed by atoms with van der Waals surface area (Å²) in [6, 6.07) is 5.41. The molecule has 1 atom stereocenters. The SMILES string of the molecule is COCCNc1ccc(C(=O)Nc2cc(C)nn2C2CCS(=O)(=O)C2)cc1[N+](=O)[O-]. The summed E-state index contributed by atoms with van der Waals surface area (Å²) in [5.41, 5.74) is 0.776. The highest BCUT2D eigenvalue weighted by Crippen LogP contribution is 2.29. The first-order valence-corrected chi connectivity index (χ1v) is 11.1. The number of nitro groups is 1. The van der Waals surface area contributed by atoms with Gasteiger partial charge in [-0.2, -0.15) is 5.10 Å². The van der Waals surface area contributed by atoms with E-state index in [-0.39, 0.29) is 34.5 Å². The van der Waals surface area contributed by atoms with E-state index in [1.165, 1.54) is 30.0 Å². The van der Waals surface area contributed by atoms with Crippen LogP contribution in [0.3, 0.4) is 0 Å². The highest BCUT2D eigenvalue weighted by Gasteiger charge is 2.31. The van der Waals surface area contributed by atoms with Crippen LogP contribution in [0.25, 0.3) is 0 Å². The van der Waals surface area contributed by atoms with Gasteiger partial charge in [0, 0.05) is 31.4 Å². The zero-order chi connectivity index (χ0) is 21.9. The second-order valence-corrected chi connectivity index (χ2v) is 9.26. The largest absolute Gasteiger partial charge is 0.383 e. The lowest BCUT2D eigenvalue weighted by atomic mass is 10.1. The zero-order valence-electron chi connectivity index (χ0n) is 16.6. The van der Waals surface area contributed by atoms with Crippen LogP contribution in [0.2, 0.25) is 0 Å². The number of nitrogens with one attached hydrogen (secondary N) is 2. The number of aryl methyl sites for hydroxylation is 1. The van der Waals surface area contributed by atoms with Crippen molar-refractivity contribution in [3.63, 3.8) is 0 Å². The topological polar surface area (TPSA) is 145 Å². The predicted octanol–water partition coefficient (Wildman–Crippen LogP) is 1.77. The van der Waals surface area contributed by atoms with Crippen LogP contribution in [0.1, 0.15) is 28.5 Å². The van der Waals surface area contributed by atoms with Crippen LogP contribution in [-0.4, -0.2) is 60.8 Å². The minimum absolute atomic E-state index is 0.0374. The Balaban J connectivity index is 1.81. The first-order chi connectivity index (χ1) is 14.2. The van der Waals surface area contributed by atoms with Gasteiger partial charge < -0.3 is 15.4 Å². The van der Waals surface area contributed by atoms with Crippen molar-refractivity contribution in [1.82, 2.24) is 9.78 Å². The van der Waals surface area contributed by atoms with Gasteiger partial charge in [0.2, 0.25) is 0 Å². The molecule has 162 valence electrons. The van der Waals surface area contributed by atoms with Gasteiger partial charge in [0.15, 0.2) is 9.84 Å². The van der Waals surface area contributed by atoms with E-state index in [1.54, 1.807) is 13.0 Å². The number of carbonyl (C=O) groups excluding carboxylic acids is 1. The molecule has 3 rings (SSSR count). The number of aromatic nitrogens is 2. The van der Waals surface area contributed by atoms with Crippen molar-refractivity contribution in [2.24, 2.45) is 0 Å². The summed E-state index contributed by atoms with van der Waals surface area (Å²) >= 11 is 0. The third-order valence-corrected chi connectivity index (χ3v) is 6.48. The molecule has 2 N–H and O–H groups in total. The van der Waals surface area contributed by atoms with E-state index in [0.717, 1.165) is 0 Å². The standard InChI is InChI=1S/C18H23N5O6S/c1-12-9-17(22(21-12)14-5-8-30(27,28)11-14)20-18(24)13-3-4-15(19-6-7-29-2)16(10-13)23(25)26/h3-4,9-10,14,19H,5-8,11H2,1-2H3,(H,20,24). The molecule has 1 aromatic heterocycles. The molecule has 0 aliphatic carbocycles. The number of anilines is 2. The lowest BCUT2D eigenvalue weighted by molar-refractivity contribution is -0.384. The van der Waals surface area contributed by atoms with Crippen molar-refractivity contribution in [3.8, 4) is 0 Å². The number of benzene rings is 1. The smallest absolute Gasteiger partial charge is 0.293 e. The molecule has 2 heterocycles. The molecule has 1 aromatic carbocycles. The van der Waals surface area contributed by atoms with Crippen LogP contribution in [-0.2, 0) is 14.6 Å². The second kappa shape index (κ2) is 8.79. The number of hydrogen-bond acceptors (Lipinski definition) is 8. The third-order valence-electron chi connectivity index (χ3n) is 4.73. The maximum atomic E-state index is 12.7. The van der Waals surface area contributed by atoms with Crippen LogP contribution >= 0.6 is 0 Å². The summed E-state index contributed by atoms with van der Waals surface area (Å²) in [7, 11) is -1.60. The Morgan fingerprint density at radius 3 is 2.80 bits per heavy atom. The van der Waals surface area contributed by atoms with Crippen LogP contribution in [0.5, 0.6) is 0 Å². The molecule has 0 radical (unpaired) electrons. The molecule has 1 aliphatic rings. The number of ether oxygens (including phenoxy) is 1. The van der Waals surface area contributed by atoms with Gasteiger partial charge in [0.25, 0.3) is 11.6 Å². The highest BCUT2D eigenvalue weighted by atomic mass is 32.2. The molecule has 11 nitrogen and oxygen atoms in total. The van der Waals surface area contributed by atoms with Crippen LogP contribution in [0.15, 0.2) is 24.3 Å². The van der Waals surface area contributed by atoms with Crippen molar-refractivity contribution < 1.29 is 22.9 Å². The number of hydrogen-bond donors (Lipinski definition) is 2. The summed E-state index contributed by atoms with van der Waals surface area (Å²) in [5, 5.41) is 21.3. The molecular formula is C18H23N5O6S. The van der Waals surface area contributed by atoms with Gasteiger partial charge >= 0.3 is 0 Å². The van der Waals surface area contributed by atoms with E-state index in [0.29, 0.717) is 31.1 Å². The van der Waals surface area contributed by atoms with Crippen molar-refractivity contribution >= 4 is 32.9 Å². The van der Waals surface area contributed by atoms with Gasteiger partial charge in [-0.05, 0) is 25.5 Å². The minimum Gasteiger partial charge on any atom is -0.383 e. The van der Waals surface area contributed by atoms with E-state index in [2.05, 4.69) is 15.7 Å². The molecule has 12 heteroatoms. The van der Waals surface area contributed by atoms with E-state index < -0.39 is 20.7 Å². The molecule has 1 amide bonds. The Hall–Kier alpha value is -2.99. The van der Waals surface area contributed by atoms with Gasteiger partial charge in [-0.25, -0.2) is 13.1 Å². The summed E-state index contributed by atoms with van der Waals surface area (Å²) < 4.78 is 30.0. The minimum atomic E-state index is -3.13. The molecular weight excluding hydrogens is 414 g/mol. The molecule has 30 heavy (non-hydrogen) atoms. The molecule has 1 saturated heterocycles. The number of methoxy groups -OCH3 is 1. The molecule has 0 bridgehead atoms. The Morgan fingerprint density at radius 2 is 2.17 bits per heavy atom. The highest BCUT2D eigenvalue weighted by molar-refractivity contribution is 7.91. The van der Waals surface area contributed by atoms with Crippen molar-refractivity contribution in [1.29, 1.82) is 0 Å². The van der Waals surface area contributed by atoms with E-state index in [4.69, 9.17) is 4.74 Å². The normalized spacial score (nSPS) is 17.6. The van der Waals surface area contributed by atoms with Gasteiger partial charge in [0.1, 0.15) is 11.5 Å². The quantitative estimate of drug-likeness (QED) is 0.361. The number of carbonyl (C=O) groups is 1. The number of sulfone groups is 1. The summed E-state index contributed by atoms with van der Waals surface area (Å²) in [4.78, 5) is 23.6. The van der Waals surface area contributed by atoms with Crippen molar-refractivity contribution in [2.45, 2.75) is 19.4 Å². The average molecular weight is 437 g/mol. The lowest BCUT2D eigenvalue weighted by Crippen LogP contribution is -2.20. The van der Waals surface area contributed by atoms with Gasteiger partial charge in [-0.3, -0.25) is 14.9 Å². The predicted molar refractivity (Wildman–Crippen MR) is 111 cm³/mol. The van der Waals surface area contributed by atoms with Crippen LogP contribution < -0.4 is 10.6 Å². The average Bonchev–Trinajstić information content (AvgIpc) is 3.23. The Bertz CT molecular complexity index is 1070. The van der Waals surface area contributed by atoms with Crippen molar-refractivity contribution in [3.05, 3.63) is 45.6 Å². The summed E-state index contributed by atoms with van der Waals surface area (Å²) in [6.07, 6.45) is 0.416. The first kappa shape index (κ1) is 21.7. The molecule has 1 unspecified atom stereocenters. The second-order valence-electron chi connectivity index (χ2n) is 7.04. The summed E-state index contributed by atoms with van der Waals surface area (Å²) in [6.45, 7) is 2.49. The van der Waals surface area contributed by atoms with Gasteiger partial charge in [-0.15, -0.1) is 0 Å². The van der Waals surface area contributed by atoms with E-state index in [1.807, 2.05) is 0 Å². The molecule has 1 aliphatic heterocycles. The summed E-state index contributed by atoms with van der Waals surface area (Å²) in [5.74, 6) is -0.161. The Kier molecular flexibility index (Phi) is 6.37.